The van der Waals surface area contributed by atoms with E-state index in [0.29, 0.717) is 5.02 Å². The standard InChI is InChI=1S/C23H23ClN4O/c1-18(29)26-10-12-27(13-11-26)22-6-4-19(5-7-22)2-3-20-14-21(24)16-23(15-20)28-9-8-25-17-28/h2-9,14-17H,10-13H2,1H3. The zero-order valence-electron chi connectivity index (χ0n) is 16.3. The molecule has 5 nitrogen and oxygen atoms in total. The normalized spacial score (nSPS) is 14.6. The number of hydrogen-bond acceptors (Lipinski definition) is 3. The molecule has 0 spiro atoms. The van der Waals surface area contributed by atoms with Crippen molar-refractivity contribution in [2.75, 3.05) is 31.1 Å². The molecule has 148 valence electrons. The molecule has 0 radical (unpaired) electrons. The lowest BCUT2D eigenvalue weighted by molar-refractivity contribution is -0.129. The first kappa shape index (κ1) is 19.3. The topological polar surface area (TPSA) is 41.4 Å². The van der Waals surface area contributed by atoms with Gasteiger partial charge in [-0.05, 0) is 41.5 Å². The Morgan fingerprint density at radius 3 is 2.34 bits per heavy atom. The fourth-order valence-corrected chi connectivity index (χ4v) is 3.76. The van der Waals surface area contributed by atoms with Crippen LogP contribution in [0.1, 0.15) is 18.1 Å². The highest BCUT2D eigenvalue weighted by atomic mass is 35.5. The fourth-order valence-electron chi connectivity index (χ4n) is 3.52. The van der Waals surface area contributed by atoms with Gasteiger partial charge in [-0.1, -0.05) is 35.9 Å². The van der Waals surface area contributed by atoms with Crippen LogP contribution in [0.2, 0.25) is 5.02 Å². The summed E-state index contributed by atoms with van der Waals surface area (Å²) in [5, 5.41) is 0.691. The lowest BCUT2D eigenvalue weighted by Gasteiger charge is -2.35. The Morgan fingerprint density at radius 1 is 0.966 bits per heavy atom. The molecule has 4 rings (SSSR count). The molecular weight excluding hydrogens is 384 g/mol. The Labute approximate surface area is 175 Å². The summed E-state index contributed by atoms with van der Waals surface area (Å²) in [4.78, 5) is 19.8. The first-order chi connectivity index (χ1) is 14.1. The van der Waals surface area contributed by atoms with Crippen LogP contribution in [-0.2, 0) is 4.79 Å². The van der Waals surface area contributed by atoms with Gasteiger partial charge in [-0.2, -0.15) is 0 Å². The van der Waals surface area contributed by atoms with Gasteiger partial charge in [0.2, 0.25) is 5.91 Å². The predicted molar refractivity (Wildman–Crippen MR) is 118 cm³/mol. The number of aromatic nitrogens is 2. The number of benzene rings is 2. The van der Waals surface area contributed by atoms with Gasteiger partial charge in [0.25, 0.3) is 0 Å². The molecule has 0 unspecified atom stereocenters. The number of hydrogen-bond donors (Lipinski definition) is 0. The Balaban J connectivity index is 1.44. The maximum atomic E-state index is 11.5. The highest BCUT2D eigenvalue weighted by molar-refractivity contribution is 6.30. The van der Waals surface area contributed by atoms with Crippen LogP contribution >= 0.6 is 11.6 Å². The van der Waals surface area contributed by atoms with E-state index in [1.165, 1.54) is 5.69 Å². The first-order valence-electron chi connectivity index (χ1n) is 9.66. The number of carbonyl (C=O) groups is 1. The van der Waals surface area contributed by atoms with Gasteiger partial charge >= 0.3 is 0 Å². The largest absolute Gasteiger partial charge is 0.368 e. The van der Waals surface area contributed by atoms with Gasteiger partial charge in [-0.3, -0.25) is 4.79 Å². The molecule has 0 bridgehead atoms. The summed E-state index contributed by atoms with van der Waals surface area (Å²) in [5.41, 5.74) is 4.33. The number of rotatable bonds is 4. The fraction of sp³-hybridized carbons (Fsp3) is 0.217. The smallest absolute Gasteiger partial charge is 0.219 e. The van der Waals surface area contributed by atoms with Crippen molar-refractivity contribution in [3.05, 3.63) is 77.3 Å². The van der Waals surface area contributed by atoms with Crippen LogP contribution in [0.4, 0.5) is 5.69 Å². The molecule has 0 saturated carbocycles. The summed E-state index contributed by atoms with van der Waals surface area (Å²) in [6, 6.07) is 14.4. The molecule has 0 atom stereocenters. The zero-order chi connectivity index (χ0) is 20.2. The van der Waals surface area contributed by atoms with E-state index in [0.717, 1.165) is 43.0 Å². The second kappa shape index (κ2) is 8.53. The van der Waals surface area contributed by atoms with Crippen molar-refractivity contribution in [1.29, 1.82) is 0 Å². The number of amides is 1. The number of piperazine rings is 1. The average Bonchev–Trinajstić information content (AvgIpc) is 3.27. The van der Waals surface area contributed by atoms with E-state index in [4.69, 9.17) is 11.6 Å². The van der Waals surface area contributed by atoms with E-state index < -0.39 is 0 Å². The number of anilines is 1. The maximum Gasteiger partial charge on any atom is 0.219 e. The summed E-state index contributed by atoms with van der Waals surface area (Å²) in [6.45, 7) is 4.94. The Bertz CT molecular complexity index is 1000. The molecule has 1 aliphatic heterocycles. The molecule has 2 heterocycles. The molecule has 2 aromatic carbocycles. The third-order valence-electron chi connectivity index (χ3n) is 5.16. The van der Waals surface area contributed by atoms with Crippen molar-refractivity contribution in [1.82, 2.24) is 14.5 Å². The number of imidazole rings is 1. The first-order valence-corrected chi connectivity index (χ1v) is 10.0. The molecule has 6 heteroatoms. The Morgan fingerprint density at radius 2 is 1.69 bits per heavy atom. The van der Waals surface area contributed by atoms with Gasteiger partial charge in [-0.25, -0.2) is 4.98 Å². The summed E-state index contributed by atoms with van der Waals surface area (Å²) in [7, 11) is 0. The number of halogens is 1. The van der Waals surface area contributed by atoms with Gasteiger partial charge in [0.05, 0.1) is 6.33 Å². The van der Waals surface area contributed by atoms with Gasteiger partial charge in [0.15, 0.2) is 0 Å². The molecule has 29 heavy (non-hydrogen) atoms. The quantitative estimate of drug-likeness (QED) is 0.604. The van der Waals surface area contributed by atoms with Crippen molar-refractivity contribution >= 4 is 35.3 Å². The van der Waals surface area contributed by atoms with Crippen LogP contribution < -0.4 is 4.90 Å². The Hall–Kier alpha value is -3.05. The predicted octanol–water partition coefficient (Wildman–Crippen LogP) is 4.36. The highest BCUT2D eigenvalue weighted by Gasteiger charge is 2.18. The van der Waals surface area contributed by atoms with Crippen molar-refractivity contribution in [3.63, 3.8) is 0 Å². The molecule has 3 aromatic rings. The van der Waals surface area contributed by atoms with Crippen molar-refractivity contribution < 1.29 is 4.79 Å². The lowest BCUT2D eigenvalue weighted by Crippen LogP contribution is -2.48. The minimum Gasteiger partial charge on any atom is -0.368 e. The van der Waals surface area contributed by atoms with Crippen molar-refractivity contribution in [2.45, 2.75) is 6.92 Å². The van der Waals surface area contributed by atoms with Gasteiger partial charge in [-0.15, -0.1) is 0 Å². The summed E-state index contributed by atoms with van der Waals surface area (Å²) < 4.78 is 1.93. The lowest BCUT2D eigenvalue weighted by atomic mass is 10.1. The molecule has 0 N–H and O–H groups in total. The van der Waals surface area contributed by atoms with Crippen LogP contribution in [0.25, 0.3) is 17.8 Å². The molecular formula is C23H23ClN4O. The molecule has 1 aromatic heterocycles. The molecule has 0 aliphatic carbocycles. The zero-order valence-corrected chi connectivity index (χ0v) is 17.1. The average molecular weight is 407 g/mol. The molecule has 1 aliphatic rings. The van der Waals surface area contributed by atoms with Crippen LogP contribution in [0, 0.1) is 0 Å². The van der Waals surface area contributed by atoms with E-state index in [1.807, 2.05) is 27.8 Å². The SMILES string of the molecule is CC(=O)N1CCN(c2ccc(C=Cc3cc(Cl)cc(-n4ccnc4)c3)cc2)CC1. The van der Waals surface area contributed by atoms with Gasteiger partial charge in [0.1, 0.15) is 0 Å². The van der Waals surface area contributed by atoms with Crippen molar-refractivity contribution in [3.8, 4) is 5.69 Å². The summed E-state index contributed by atoms with van der Waals surface area (Å²) in [5.74, 6) is 0.155. The number of nitrogens with zero attached hydrogens (tertiary/aromatic N) is 4. The third kappa shape index (κ3) is 4.69. The monoisotopic (exact) mass is 406 g/mol. The van der Waals surface area contributed by atoms with E-state index in [1.54, 1.807) is 19.4 Å². The van der Waals surface area contributed by atoms with E-state index in [2.05, 4.69) is 52.4 Å². The molecule has 1 fully saturated rings. The van der Waals surface area contributed by atoms with E-state index in [-0.39, 0.29) is 5.91 Å². The number of carbonyl (C=O) groups excluding carboxylic acids is 1. The van der Waals surface area contributed by atoms with Gasteiger partial charge < -0.3 is 14.4 Å². The van der Waals surface area contributed by atoms with Crippen LogP contribution in [0.5, 0.6) is 0 Å². The maximum absolute atomic E-state index is 11.5. The minimum absolute atomic E-state index is 0.155. The van der Waals surface area contributed by atoms with E-state index >= 15 is 0 Å². The van der Waals surface area contributed by atoms with Crippen LogP contribution in [-0.4, -0.2) is 46.5 Å². The minimum atomic E-state index is 0.155. The van der Waals surface area contributed by atoms with Gasteiger partial charge in [0, 0.05) is 61.9 Å². The Kier molecular flexibility index (Phi) is 5.67. The molecule has 1 amide bonds. The third-order valence-corrected chi connectivity index (χ3v) is 5.38. The van der Waals surface area contributed by atoms with Crippen molar-refractivity contribution in [2.24, 2.45) is 0 Å². The second-order valence-corrected chi connectivity index (χ2v) is 7.57. The van der Waals surface area contributed by atoms with E-state index in [9.17, 15) is 4.79 Å². The highest BCUT2D eigenvalue weighted by Crippen LogP contribution is 2.22. The summed E-state index contributed by atoms with van der Waals surface area (Å²) >= 11 is 6.29. The molecule has 1 saturated heterocycles. The second-order valence-electron chi connectivity index (χ2n) is 7.13. The van der Waals surface area contributed by atoms with Crippen LogP contribution in [0.15, 0.2) is 61.2 Å². The summed E-state index contributed by atoms with van der Waals surface area (Å²) in [6.07, 6.45) is 9.55. The van der Waals surface area contributed by atoms with Crippen LogP contribution in [0.3, 0.4) is 0 Å².